The van der Waals surface area contributed by atoms with Gasteiger partial charge >= 0.3 is 0 Å². The summed E-state index contributed by atoms with van der Waals surface area (Å²) in [7, 11) is 1.65. The monoisotopic (exact) mass is 352 g/mol. The lowest BCUT2D eigenvalue weighted by atomic mass is 10.1. The van der Waals surface area contributed by atoms with E-state index in [1.165, 1.54) is 12.8 Å². The minimum absolute atomic E-state index is 0.303. The van der Waals surface area contributed by atoms with E-state index >= 15 is 0 Å². The Morgan fingerprint density at radius 3 is 2.67 bits per heavy atom. The highest BCUT2D eigenvalue weighted by atomic mass is 79.9. The van der Waals surface area contributed by atoms with Crippen LogP contribution >= 0.6 is 15.9 Å². The maximum Gasteiger partial charge on any atom is 0.118 e. The largest absolute Gasteiger partial charge is 0.497 e. The van der Waals surface area contributed by atoms with Gasteiger partial charge in [0.2, 0.25) is 0 Å². The third kappa shape index (κ3) is 4.86. The van der Waals surface area contributed by atoms with Crippen LogP contribution in [0.4, 0.5) is 0 Å². The number of nitrogens with one attached hydrogen (secondary N) is 2. The van der Waals surface area contributed by atoms with Crippen molar-refractivity contribution in [2.24, 2.45) is 0 Å². The molecule has 1 fully saturated rings. The van der Waals surface area contributed by atoms with Crippen molar-refractivity contribution in [2.75, 3.05) is 20.3 Å². The number of allylic oxidation sites excluding steroid dienone is 1. The molecule has 21 heavy (non-hydrogen) atoms. The van der Waals surface area contributed by atoms with Crippen molar-refractivity contribution in [1.29, 1.82) is 5.41 Å². The highest BCUT2D eigenvalue weighted by Gasteiger charge is 2.12. The van der Waals surface area contributed by atoms with Crippen LogP contribution in [0.15, 0.2) is 34.4 Å². The highest BCUT2D eigenvalue weighted by molar-refractivity contribution is 9.12. The Balaban J connectivity index is 1.80. The molecule has 0 aromatic heterocycles. The van der Waals surface area contributed by atoms with Crippen LogP contribution in [0.2, 0.25) is 0 Å². The van der Waals surface area contributed by atoms with E-state index in [4.69, 9.17) is 14.9 Å². The van der Waals surface area contributed by atoms with Crippen LogP contribution < -0.4 is 10.1 Å². The lowest BCUT2D eigenvalue weighted by Gasteiger charge is -2.19. The van der Waals surface area contributed by atoms with Gasteiger partial charge in [0.1, 0.15) is 5.75 Å². The van der Waals surface area contributed by atoms with Gasteiger partial charge in [-0.2, -0.15) is 0 Å². The van der Waals surface area contributed by atoms with Crippen LogP contribution in [0, 0.1) is 5.41 Å². The van der Waals surface area contributed by atoms with Crippen LogP contribution in [0.1, 0.15) is 24.8 Å². The Labute approximate surface area is 134 Å². The molecule has 2 rings (SSSR count). The average Bonchev–Trinajstić information content (AvgIpc) is 2.55. The van der Waals surface area contributed by atoms with E-state index in [1.807, 2.05) is 24.3 Å². The smallest absolute Gasteiger partial charge is 0.118 e. The second-order valence-electron chi connectivity index (χ2n) is 5.00. The van der Waals surface area contributed by atoms with E-state index < -0.39 is 0 Å². The van der Waals surface area contributed by atoms with Gasteiger partial charge in [-0.05, 0) is 52.9 Å². The van der Waals surface area contributed by atoms with E-state index in [9.17, 15) is 0 Å². The van der Waals surface area contributed by atoms with E-state index in [2.05, 4.69) is 21.2 Å². The summed E-state index contributed by atoms with van der Waals surface area (Å²) in [5.74, 6) is 0.836. The first-order valence-corrected chi connectivity index (χ1v) is 7.91. The molecule has 5 heteroatoms. The molecule has 1 aliphatic rings. The Kier molecular flexibility index (Phi) is 6.26. The summed E-state index contributed by atoms with van der Waals surface area (Å²) in [6, 6.07) is 7.76. The number of rotatable bonds is 6. The van der Waals surface area contributed by atoms with Crippen molar-refractivity contribution in [1.82, 2.24) is 5.32 Å². The fourth-order valence-corrected chi connectivity index (χ4v) is 2.63. The van der Waals surface area contributed by atoms with Gasteiger partial charge in [0.15, 0.2) is 0 Å². The summed E-state index contributed by atoms with van der Waals surface area (Å²) in [4.78, 5) is 0. The molecule has 4 nitrogen and oxygen atoms in total. The van der Waals surface area contributed by atoms with E-state index in [0.29, 0.717) is 18.9 Å². The Morgan fingerprint density at radius 1 is 1.29 bits per heavy atom. The molecule has 2 N–H and O–H groups in total. The van der Waals surface area contributed by atoms with Crippen molar-refractivity contribution in [3.8, 4) is 5.75 Å². The zero-order chi connectivity index (χ0) is 15.1. The molecule has 1 aromatic carbocycles. The van der Waals surface area contributed by atoms with Crippen molar-refractivity contribution in [2.45, 2.75) is 25.9 Å². The van der Waals surface area contributed by atoms with E-state index in [-0.39, 0.29) is 0 Å². The quantitative estimate of drug-likeness (QED) is 0.769. The second-order valence-corrected chi connectivity index (χ2v) is 5.79. The van der Waals surface area contributed by atoms with Crippen LogP contribution in [0.3, 0.4) is 0 Å². The molecular weight excluding hydrogens is 332 g/mol. The lowest BCUT2D eigenvalue weighted by molar-refractivity contribution is 0.158. The molecule has 0 bridgehead atoms. The summed E-state index contributed by atoms with van der Waals surface area (Å²) >= 11 is 3.51. The molecule has 1 aliphatic heterocycles. The normalized spacial score (nSPS) is 17.0. The third-order valence-corrected chi connectivity index (χ3v) is 4.35. The number of benzene rings is 1. The molecule has 1 aromatic rings. The molecule has 1 heterocycles. The number of hydrogen-bond acceptors (Lipinski definition) is 4. The standard InChI is InChI=1S/C16H21BrN2O2/c1-20-13-7-5-12(6-8-13)10-21-11-14(18)16(17)15-4-2-3-9-19-15/h5-8,18-19H,2-4,9-11H2,1H3/b16-15+,18-14?. The third-order valence-electron chi connectivity index (χ3n) is 3.40. The predicted molar refractivity (Wildman–Crippen MR) is 88.2 cm³/mol. The first-order valence-electron chi connectivity index (χ1n) is 7.11. The van der Waals surface area contributed by atoms with E-state index in [1.54, 1.807) is 7.11 Å². The second kappa shape index (κ2) is 8.20. The summed E-state index contributed by atoms with van der Waals surface area (Å²) in [5, 5.41) is 11.4. The van der Waals surface area contributed by atoms with Gasteiger partial charge < -0.3 is 20.2 Å². The topological polar surface area (TPSA) is 54.3 Å². The first kappa shape index (κ1) is 16.0. The zero-order valence-corrected chi connectivity index (χ0v) is 13.8. The van der Waals surface area contributed by atoms with Gasteiger partial charge in [-0.1, -0.05) is 12.1 Å². The minimum atomic E-state index is 0.303. The maximum atomic E-state index is 8.07. The van der Waals surface area contributed by atoms with E-state index in [0.717, 1.165) is 34.5 Å². The number of methoxy groups -OCH3 is 1. The van der Waals surface area contributed by atoms with Gasteiger partial charge in [0.05, 0.1) is 30.5 Å². The summed E-state index contributed by atoms with van der Waals surface area (Å²) in [6.45, 7) is 1.79. The Bertz CT molecular complexity index is 504. The number of halogens is 1. The molecule has 0 unspecified atom stereocenters. The summed E-state index contributed by atoms with van der Waals surface area (Å²) in [5.41, 5.74) is 2.68. The van der Waals surface area contributed by atoms with Gasteiger partial charge in [-0.15, -0.1) is 0 Å². The van der Waals surface area contributed by atoms with Crippen molar-refractivity contribution >= 4 is 21.6 Å². The van der Waals surface area contributed by atoms with Gasteiger partial charge in [0, 0.05) is 12.2 Å². The van der Waals surface area contributed by atoms with Crippen molar-refractivity contribution in [3.63, 3.8) is 0 Å². The maximum absolute atomic E-state index is 8.07. The highest BCUT2D eigenvalue weighted by Crippen LogP contribution is 2.20. The number of piperidine rings is 1. The van der Waals surface area contributed by atoms with Crippen molar-refractivity contribution < 1.29 is 9.47 Å². The average molecular weight is 353 g/mol. The fourth-order valence-electron chi connectivity index (χ4n) is 2.18. The Hall–Kier alpha value is -1.33. The fraction of sp³-hybridized carbons (Fsp3) is 0.438. The molecule has 114 valence electrons. The molecule has 0 saturated carbocycles. The van der Waals surface area contributed by atoms with Gasteiger partial charge in [0.25, 0.3) is 0 Å². The van der Waals surface area contributed by atoms with Gasteiger partial charge in [-0.25, -0.2) is 0 Å². The molecule has 0 radical (unpaired) electrons. The molecule has 1 saturated heterocycles. The summed E-state index contributed by atoms with van der Waals surface area (Å²) < 4.78 is 11.6. The lowest BCUT2D eigenvalue weighted by Crippen LogP contribution is -2.23. The molecule has 0 atom stereocenters. The zero-order valence-electron chi connectivity index (χ0n) is 12.2. The van der Waals surface area contributed by atoms with Crippen LogP contribution in [0.5, 0.6) is 5.75 Å². The first-order chi connectivity index (χ1) is 10.2. The number of hydrogen-bond donors (Lipinski definition) is 2. The SMILES string of the molecule is COc1ccc(COCC(=N)/C(Br)=C2/CCCCN2)cc1. The molecular formula is C16H21BrN2O2. The van der Waals surface area contributed by atoms with Crippen molar-refractivity contribution in [3.05, 3.63) is 40.0 Å². The van der Waals surface area contributed by atoms with Crippen LogP contribution in [-0.2, 0) is 11.3 Å². The molecule has 0 aliphatic carbocycles. The molecule has 0 spiro atoms. The van der Waals surface area contributed by atoms with Gasteiger partial charge in [-0.3, -0.25) is 0 Å². The van der Waals surface area contributed by atoms with Crippen LogP contribution in [0.25, 0.3) is 0 Å². The minimum Gasteiger partial charge on any atom is -0.497 e. The van der Waals surface area contributed by atoms with Crippen LogP contribution in [-0.4, -0.2) is 26.0 Å². The number of ether oxygens (including phenoxy) is 2. The Morgan fingerprint density at radius 2 is 2.05 bits per heavy atom. The molecule has 0 amide bonds. The predicted octanol–water partition coefficient (Wildman–Crippen LogP) is 3.61. The summed E-state index contributed by atoms with van der Waals surface area (Å²) in [6.07, 6.45) is 3.38.